The van der Waals surface area contributed by atoms with Gasteiger partial charge < -0.3 is 5.32 Å². The van der Waals surface area contributed by atoms with Crippen LogP contribution in [0.3, 0.4) is 0 Å². The zero-order chi connectivity index (χ0) is 15.5. The minimum Gasteiger partial charge on any atom is -0.351 e. The second kappa shape index (κ2) is 6.62. The van der Waals surface area contributed by atoms with Gasteiger partial charge >= 0.3 is 6.18 Å². The van der Waals surface area contributed by atoms with E-state index in [1.54, 1.807) is 0 Å². The van der Waals surface area contributed by atoms with Gasteiger partial charge in [-0.05, 0) is 45.1 Å². The van der Waals surface area contributed by atoms with Gasteiger partial charge in [0.15, 0.2) is 0 Å². The predicted molar refractivity (Wildman–Crippen MR) is 79.0 cm³/mol. The highest BCUT2D eigenvalue weighted by Gasteiger charge is 2.29. The third kappa shape index (κ3) is 4.57. The van der Waals surface area contributed by atoms with E-state index in [1.165, 1.54) is 23.5 Å². The first-order valence-electron chi connectivity index (χ1n) is 6.01. The summed E-state index contributed by atoms with van der Waals surface area (Å²) in [5, 5.41) is 4.64. The molecule has 112 valence electrons. The lowest BCUT2D eigenvalue weighted by Crippen LogP contribution is -2.24. The van der Waals surface area contributed by atoms with E-state index in [0.29, 0.717) is 12.1 Å². The Morgan fingerprint density at radius 1 is 1.19 bits per heavy atom. The van der Waals surface area contributed by atoms with Gasteiger partial charge in [-0.1, -0.05) is 12.1 Å². The largest absolute Gasteiger partial charge is 0.416 e. The summed E-state index contributed by atoms with van der Waals surface area (Å²) in [5.41, 5.74) is -0.167. The zero-order valence-electron chi connectivity index (χ0n) is 10.7. The molecule has 2 aromatic rings. The molecule has 0 aliphatic rings. The lowest BCUT2D eigenvalue weighted by Gasteiger charge is -2.08. The SMILES string of the molecule is O=C(Cc1ccc(C(F)(F)F)cc1)NCc1sccc1Br. The number of benzene rings is 1. The van der Waals surface area contributed by atoms with Crippen molar-refractivity contribution in [3.63, 3.8) is 0 Å². The number of thiophene rings is 1. The van der Waals surface area contributed by atoms with Gasteiger partial charge in [-0.25, -0.2) is 0 Å². The van der Waals surface area contributed by atoms with E-state index in [4.69, 9.17) is 0 Å². The summed E-state index contributed by atoms with van der Waals surface area (Å²) in [6.07, 6.45) is -4.30. The van der Waals surface area contributed by atoms with E-state index >= 15 is 0 Å². The Labute approximate surface area is 132 Å². The third-order valence-corrected chi connectivity index (χ3v) is 4.71. The van der Waals surface area contributed by atoms with Crippen LogP contribution < -0.4 is 5.32 Å². The molecule has 0 aliphatic carbocycles. The van der Waals surface area contributed by atoms with Crippen molar-refractivity contribution >= 4 is 33.2 Å². The van der Waals surface area contributed by atoms with Crippen molar-refractivity contribution in [3.8, 4) is 0 Å². The average molecular weight is 378 g/mol. The molecule has 7 heteroatoms. The molecule has 0 aliphatic heterocycles. The van der Waals surface area contributed by atoms with Crippen LogP contribution in [-0.2, 0) is 23.9 Å². The number of amides is 1. The summed E-state index contributed by atoms with van der Waals surface area (Å²) < 4.78 is 38.2. The van der Waals surface area contributed by atoms with Crippen LogP contribution in [0.5, 0.6) is 0 Å². The molecule has 0 saturated heterocycles. The molecular formula is C14H11BrF3NOS. The highest BCUT2D eigenvalue weighted by Crippen LogP contribution is 2.29. The van der Waals surface area contributed by atoms with E-state index in [0.717, 1.165) is 21.5 Å². The summed E-state index contributed by atoms with van der Waals surface area (Å²) in [4.78, 5) is 12.8. The van der Waals surface area contributed by atoms with Crippen molar-refractivity contribution in [1.82, 2.24) is 5.32 Å². The molecule has 0 fully saturated rings. The molecule has 0 radical (unpaired) electrons. The molecule has 0 saturated carbocycles. The van der Waals surface area contributed by atoms with Crippen molar-refractivity contribution in [1.29, 1.82) is 0 Å². The maximum Gasteiger partial charge on any atom is 0.416 e. The first kappa shape index (κ1) is 16.0. The highest BCUT2D eigenvalue weighted by atomic mass is 79.9. The van der Waals surface area contributed by atoms with Gasteiger partial charge in [0.1, 0.15) is 0 Å². The van der Waals surface area contributed by atoms with Crippen LogP contribution in [0.15, 0.2) is 40.2 Å². The van der Waals surface area contributed by atoms with E-state index < -0.39 is 11.7 Å². The monoisotopic (exact) mass is 377 g/mol. The smallest absolute Gasteiger partial charge is 0.351 e. The lowest BCUT2D eigenvalue weighted by atomic mass is 10.1. The molecule has 1 amide bonds. The van der Waals surface area contributed by atoms with Crippen molar-refractivity contribution < 1.29 is 18.0 Å². The van der Waals surface area contributed by atoms with Crippen molar-refractivity contribution in [2.75, 3.05) is 0 Å². The predicted octanol–water partition coefficient (Wildman–Crippen LogP) is 4.39. The van der Waals surface area contributed by atoms with Gasteiger partial charge in [0.25, 0.3) is 0 Å². The van der Waals surface area contributed by atoms with E-state index in [2.05, 4.69) is 21.2 Å². The highest BCUT2D eigenvalue weighted by molar-refractivity contribution is 9.10. The molecule has 2 rings (SSSR count). The Balaban J connectivity index is 1.89. The lowest BCUT2D eigenvalue weighted by molar-refractivity contribution is -0.137. The van der Waals surface area contributed by atoms with Crippen molar-refractivity contribution in [3.05, 3.63) is 56.2 Å². The number of carbonyl (C=O) groups is 1. The number of rotatable bonds is 4. The molecule has 21 heavy (non-hydrogen) atoms. The Morgan fingerprint density at radius 2 is 1.86 bits per heavy atom. The summed E-state index contributed by atoms with van der Waals surface area (Å²) >= 11 is 4.88. The van der Waals surface area contributed by atoms with Gasteiger partial charge in [-0.15, -0.1) is 11.3 Å². The fourth-order valence-corrected chi connectivity index (χ4v) is 3.12. The number of alkyl halides is 3. The van der Waals surface area contributed by atoms with E-state index in [1.807, 2.05) is 11.4 Å². The Hall–Kier alpha value is -1.34. The minimum atomic E-state index is -4.35. The van der Waals surface area contributed by atoms with Crippen molar-refractivity contribution in [2.45, 2.75) is 19.1 Å². The van der Waals surface area contributed by atoms with Crippen LogP contribution in [0.4, 0.5) is 13.2 Å². The summed E-state index contributed by atoms with van der Waals surface area (Å²) in [6.45, 7) is 0.401. The average Bonchev–Trinajstić information content (AvgIpc) is 2.81. The topological polar surface area (TPSA) is 29.1 Å². The van der Waals surface area contributed by atoms with Crippen LogP contribution in [0.1, 0.15) is 16.0 Å². The molecule has 2 nitrogen and oxygen atoms in total. The number of hydrogen-bond donors (Lipinski definition) is 1. The molecule has 0 spiro atoms. The quantitative estimate of drug-likeness (QED) is 0.840. The number of hydrogen-bond acceptors (Lipinski definition) is 2. The Morgan fingerprint density at radius 3 is 2.38 bits per heavy atom. The number of carbonyl (C=O) groups excluding carboxylic acids is 1. The zero-order valence-corrected chi connectivity index (χ0v) is 13.1. The number of nitrogens with one attached hydrogen (secondary N) is 1. The third-order valence-electron chi connectivity index (χ3n) is 2.78. The maximum absolute atomic E-state index is 12.4. The van der Waals surface area contributed by atoms with Crippen LogP contribution in [0.2, 0.25) is 0 Å². The molecule has 0 unspecified atom stereocenters. The Kier molecular flexibility index (Phi) is 5.05. The molecule has 1 heterocycles. The molecule has 0 atom stereocenters. The van der Waals surface area contributed by atoms with Crippen molar-refractivity contribution in [2.24, 2.45) is 0 Å². The fraction of sp³-hybridized carbons (Fsp3) is 0.214. The Bertz CT molecular complexity index is 622. The van der Waals surface area contributed by atoms with Crippen LogP contribution in [0, 0.1) is 0 Å². The molecule has 1 aromatic carbocycles. The summed E-state index contributed by atoms with van der Waals surface area (Å²) in [5.74, 6) is -0.227. The summed E-state index contributed by atoms with van der Waals surface area (Å²) in [6, 6.07) is 6.51. The minimum absolute atomic E-state index is 0.0567. The molecular weight excluding hydrogens is 367 g/mol. The van der Waals surface area contributed by atoms with Crippen LogP contribution in [-0.4, -0.2) is 5.91 Å². The molecule has 1 aromatic heterocycles. The van der Waals surface area contributed by atoms with Gasteiger partial charge in [0, 0.05) is 9.35 Å². The van der Waals surface area contributed by atoms with Gasteiger partial charge in [0.05, 0.1) is 18.5 Å². The standard InChI is InChI=1S/C14H11BrF3NOS/c15-11-5-6-21-12(11)8-19-13(20)7-9-1-3-10(4-2-9)14(16,17)18/h1-6H,7-8H2,(H,19,20). The number of halogens is 4. The summed E-state index contributed by atoms with van der Waals surface area (Å²) in [7, 11) is 0. The van der Waals surface area contributed by atoms with Crippen LogP contribution in [0.25, 0.3) is 0 Å². The molecule has 0 bridgehead atoms. The van der Waals surface area contributed by atoms with E-state index in [9.17, 15) is 18.0 Å². The normalized spacial score (nSPS) is 11.4. The van der Waals surface area contributed by atoms with E-state index in [-0.39, 0.29) is 12.3 Å². The van der Waals surface area contributed by atoms with Gasteiger partial charge in [-0.3, -0.25) is 4.79 Å². The first-order valence-corrected chi connectivity index (χ1v) is 7.68. The van der Waals surface area contributed by atoms with Crippen LogP contribution >= 0.6 is 27.3 Å². The fourth-order valence-electron chi connectivity index (χ4n) is 1.69. The second-order valence-corrected chi connectivity index (χ2v) is 6.19. The second-order valence-electron chi connectivity index (χ2n) is 4.34. The first-order chi connectivity index (χ1) is 9.86. The molecule has 1 N–H and O–H groups in total. The maximum atomic E-state index is 12.4. The van der Waals surface area contributed by atoms with Gasteiger partial charge in [-0.2, -0.15) is 13.2 Å². The van der Waals surface area contributed by atoms with Gasteiger partial charge in [0.2, 0.25) is 5.91 Å².